The number of hydrogen-bond donors (Lipinski definition) is 2. The lowest BCUT2D eigenvalue weighted by Crippen LogP contribution is -2.24. The number of anilines is 2. The number of benzene rings is 3. The Morgan fingerprint density at radius 1 is 0.733 bits per heavy atom. The van der Waals surface area contributed by atoms with Crippen LogP contribution in [0.4, 0.5) is 11.4 Å². The molecule has 0 aromatic heterocycles. The first-order valence-corrected chi connectivity index (χ1v) is 9.72. The molecule has 0 fully saturated rings. The lowest BCUT2D eigenvalue weighted by molar-refractivity contribution is 0.0982. The summed E-state index contributed by atoms with van der Waals surface area (Å²) in [5, 5.41) is 6.01. The molecule has 3 aromatic rings. The minimum Gasteiger partial charge on any atom is -0.351 e. The molecule has 5 nitrogen and oxygen atoms in total. The second-order valence-corrected chi connectivity index (χ2v) is 7.37. The largest absolute Gasteiger partial charge is 0.351 e. The smallest absolute Gasteiger partial charge is 0.255 e. The van der Waals surface area contributed by atoms with Crippen LogP contribution >= 0.6 is 23.2 Å². The van der Waals surface area contributed by atoms with Crippen LogP contribution < -0.4 is 10.6 Å². The van der Waals surface area contributed by atoms with E-state index in [1.165, 1.54) is 0 Å². The molecule has 2 N–H and O–H groups in total. The van der Waals surface area contributed by atoms with Crippen molar-refractivity contribution in [3.05, 3.63) is 105 Å². The lowest BCUT2D eigenvalue weighted by Gasteiger charge is -2.19. The normalized spacial score (nSPS) is 13.1. The molecule has 1 aliphatic rings. The number of hydrogen-bond acceptors (Lipinski definition) is 4. The van der Waals surface area contributed by atoms with Crippen LogP contribution in [-0.4, -0.2) is 17.5 Å². The van der Waals surface area contributed by atoms with Crippen LogP contribution in [0.25, 0.3) is 0 Å². The molecule has 1 aliphatic carbocycles. The number of Topliss-reactive ketones (excluding diaryl/α,β-unsaturated/α-hetero) is 2. The van der Waals surface area contributed by atoms with Crippen LogP contribution in [0.5, 0.6) is 0 Å². The average Bonchev–Trinajstić information content (AvgIpc) is 2.75. The van der Waals surface area contributed by atoms with E-state index in [0.29, 0.717) is 27.5 Å². The van der Waals surface area contributed by atoms with Gasteiger partial charge in [-0.2, -0.15) is 0 Å². The molecule has 0 saturated heterocycles. The van der Waals surface area contributed by atoms with E-state index in [9.17, 15) is 14.4 Å². The van der Waals surface area contributed by atoms with E-state index in [1.54, 1.807) is 72.8 Å². The monoisotopic (exact) mass is 436 g/mol. The van der Waals surface area contributed by atoms with Crippen molar-refractivity contribution in [1.82, 2.24) is 0 Å². The Morgan fingerprint density at radius 2 is 1.40 bits per heavy atom. The van der Waals surface area contributed by atoms with Gasteiger partial charge in [0.2, 0.25) is 11.6 Å². The minimum atomic E-state index is -0.410. The van der Waals surface area contributed by atoms with Gasteiger partial charge in [-0.05, 0) is 42.5 Å². The fourth-order valence-electron chi connectivity index (χ4n) is 3.08. The highest BCUT2D eigenvalue weighted by molar-refractivity contribution is 6.50. The minimum absolute atomic E-state index is 0.0106. The average molecular weight is 437 g/mol. The predicted molar refractivity (Wildman–Crippen MR) is 117 cm³/mol. The number of ketones is 2. The van der Waals surface area contributed by atoms with Gasteiger partial charge in [0.05, 0.1) is 0 Å². The van der Waals surface area contributed by atoms with Gasteiger partial charge in [-0.1, -0.05) is 53.5 Å². The third-order valence-electron chi connectivity index (χ3n) is 4.56. The highest BCUT2D eigenvalue weighted by atomic mass is 35.5. The number of carbonyl (C=O) groups is 3. The quantitative estimate of drug-likeness (QED) is 0.563. The van der Waals surface area contributed by atoms with E-state index in [1.807, 2.05) is 0 Å². The standard InChI is InChI=1S/C23H14Cl2N2O3/c24-14-4-3-5-16(12-14)27-23(30)13-8-10-15(11-9-13)26-20-19(25)21(28)17-6-1-2-7-18(17)22(20)29/h1-12,26H,(H,27,30). The van der Waals surface area contributed by atoms with Gasteiger partial charge in [-0.25, -0.2) is 0 Å². The Hall–Kier alpha value is -3.41. The van der Waals surface area contributed by atoms with Gasteiger partial charge >= 0.3 is 0 Å². The molecule has 0 bridgehead atoms. The molecular formula is C23H14Cl2N2O3. The number of amides is 1. The molecule has 30 heavy (non-hydrogen) atoms. The van der Waals surface area contributed by atoms with Crippen molar-refractivity contribution in [2.24, 2.45) is 0 Å². The highest BCUT2D eigenvalue weighted by Gasteiger charge is 2.31. The van der Waals surface area contributed by atoms with E-state index in [-0.39, 0.29) is 28.0 Å². The zero-order valence-electron chi connectivity index (χ0n) is 15.4. The van der Waals surface area contributed by atoms with Gasteiger partial charge in [0.15, 0.2) is 0 Å². The Balaban J connectivity index is 1.52. The maximum atomic E-state index is 12.8. The molecule has 0 spiro atoms. The third kappa shape index (κ3) is 3.85. The van der Waals surface area contributed by atoms with Crippen molar-refractivity contribution in [2.45, 2.75) is 0 Å². The molecule has 3 aromatic carbocycles. The molecule has 4 rings (SSSR count). The van der Waals surface area contributed by atoms with Gasteiger partial charge in [0.25, 0.3) is 5.91 Å². The first-order chi connectivity index (χ1) is 14.4. The van der Waals surface area contributed by atoms with Crippen molar-refractivity contribution < 1.29 is 14.4 Å². The van der Waals surface area contributed by atoms with Gasteiger partial charge in [-0.3, -0.25) is 14.4 Å². The Kier molecular flexibility index (Phi) is 5.40. The van der Waals surface area contributed by atoms with Gasteiger partial charge in [-0.15, -0.1) is 0 Å². The van der Waals surface area contributed by atoms with Crippen LogP contribution in [-0.2, 0) is 0 Å². The summed E-state index contributed by atoms with van der Waals surface area (Å²) < 4.78 is 0. The highest BCUT2D eigenvalue weighted by Crippen LogP contribution is 2.29. The zero-order valence-corrected chi connectivity index (χ0v) is 16.9. The molecule has 148 valence electrons. The van der Waals surface area contributed by atoms with Crippen molar-refractivity contribution in [1.29, 1.82) is 0 Å². The first kappa shape index (κ1) is 19.9. The molecule has 7 heteroatoms. The summed E-state index contributed by atoms with van der Waals surface area (Å²) in [4.78, 5) is 37.6. The maximum Gasteiger partial charge on any atom is 0.255 e. The molecule has 0 heterocycles. The molecule has 0 unspecified atom stereocenters. The Labute approximate surface area is 182 Å². The first-order valence-electron chi connectivity index (χ1n) is 8.96. The number of allylic oxidation sites excluding steroid dienone is 2. The van der Waals surface area contributed by atoms with Gasteiger partial charge in [0.1, 0.15) is 10.7 Å². The Bertz CT molecular complexity index is 1220. The SMILES string of the molecule is O=C(Nc1cccc(Cl)c1)c1ccc(NC2=C(Cl)C(=O)c3ccccc3C2=O)cc1. The zero-order chi connectivity index (χ0) is 21.3. The summed E-state index contributed by atoms with van der Waals surface area (Å²) in [5.74, 6) is -1.08. The van der Waals surface area contributed by atoms with E-state index >= 15 is 0 Å². The summed E-state index contributed by atoms with van der Waals surface area (Å²) in [6.45, 7) is 0. The number of fused-ring (bicyclic) bond motifs is 1. The van der Waals surface area contributed by atoms with Crippen molar-refractivity contribution in [2.75, 3.05) is 10.6 Å². The van der Waals surface area contributed by atoms with E-state index in [4.69, 9.17) is 23.2 Å². The number of nitrogens with one attached hydrogen (secondary N) is 2. The number of halogens is 2. The molecule has 0 saturated carbocycles. The van der Waals surface area contributed by atoms with Gasteiger partial charge in [0, 0.05) is 33.1 Å². The van der Waals surface area contributed by atoms with Crippen LogP contribution in [0.1, 0.15) is 31.1 Å². The summed E-state index contributed by atoms with van der Waals surface area (Å²) in [5.41, 5.74) is 2.10. The topological polar surface area (TPSA) is 75.3 Å². The molecular weight excluding hydrogens is 423 g/mol. The van der Waals surface area contributed by atoms with E-state index in [0.717, 1.165) is 0 Å². The summed E-state index contributed by atoms with van der Waals surface area (Å²) in [7, 11) is 0. The maximum absolute atomic E-state index is 12.8. The van der Waals surface area contributed by atoms with Crippen LogP contribution in [0.15, 0.2) is 83.5 Å². The number of rotatable bonds is 4. The van der Waals surface area contributed by atoms with Crippen molar-refractivity contribution >= 4 is 52.1 Å². The molecule has 0 radical (unpaired) electrons. The van der Waals surface area contributed by atoms with Gasteiger partial charge < -0.3 is 10.6 Å². The number of carbonyl (C=O) groups excluding carboxylic acids is 3. The van der Waals surface area contributed by atoms with Crippen LogP contribution in [0.2, 0.25) is 5.02 Å². The van der Waals surface area contributed by atoms with E-state index < -0.39 is 5.78 Å². The van der Waals surface area contributed by atoms with Crippen molar-refractivity contribution in [3.63, 3.8) is 0 Å². The van der Waals surface area contributed by atoms with Crippen LogP contribution in [0, 0.1) is 0 Å². The van der Waals surface area contributed by atoms with Crippen LogP contribution in [0.3, 0.4) is 0 Å². The Morgan fingerprint density at radius 3 is 2.07 bits per heavy atom. The second-order valence-electron chi connectivity index (χ2n) is 6.56. The third-order valence-corrected chi connectivity index (χ3v) is 5.16. The predicted octanol–water partition coefficient (Wildman–Crippen LogP) is 5.53. The van der Waals surface area contributed by atoms with Crippen molar-refractivity contribution in [3.8, 4) is 0 Å². The lowest BCUT2D eigenvalue weighted by atomic mass is 9.92. The molecule has 1 amide bonds. The summed E-state index contributed by atoms with van der Waals surface area (Å²) in [6, 6.07) is 19.8. The molecule has 0 aliphatic heterocycles. The second kappa shape index (κ2) is 8.14. The molecule has 0 atom stereocenters. The fraction of sp³-hybridized carbons (Fsp3) is 0. The van der Waals surface area contributed by atoms with E-state index in [2.05, 4.69) is 10.6 Å². The fourth-order valence-corrected chi connectivity index (χ4v) is 3.50. The summed E-state index contributed by atoms with van der Waals surface area (Å²) in [6.07, 6.45) is 0. The summed E-state index contributed by atoms with van der Waals surface area (Å²) >= 11 is 12.1.